The number of benzene rings is 2. The Morgan fingerprint density at radius 3 is 2.61 bits per heavy atom. The van der Waals surface area contributed by atoms with Crippen molar-refractivity contribution < 1.29 is 4.79 Å². The molecular formula is C21H23ClN4OS. The first-order valence-corrected chi connectivity index (χ1v) is 10.5. The fourth-order valence-electron chi connectivity index (χ4n) is 3.00. The maximum absolute atomic E-state index is 12.6. The van der Waals surface area contributed by atoms with Gasteiger partial charge in [-0.15, -0.1) is 0 Å². The molecule has 1 amide bonds. The van der Waals surface area contributed by atoms with Crippen LogP contribution in [0, 0.1) is 0 Å². The Balaban J connectivity index is 1.71. The zero-order valence-electron chi connectivity index (χ0n) is 15.9. The molecule has 5 nitrogen and oxygen atoms in total. The Morgan fingerprint density at radius 1 is 1.18 bits per heavy atom. The smallest absolute Gasteiger partial charge is 0.234 e. The lowest BCUT2D eigenvalue weighted by molar-refractivity contribution is -0.113. The number of nitrogens with two attached hydrogens (primary N) is 1. The normalized spacial score (nSPS) is 10.8. The van der Waals surface area contributed by atoms with Crippen LogP contribution < -0.4 is 11.2 Å². The van der Waals surface area contributed by atoms with Crippen LogP contribution in [0.1, 0.15) is 25.0 Å². The lowest BCUT2D eigenvalue weighted by atomic mass is 10.0. The van der Waals surface area contributed by atoms with E-state index in [9.17, 15) is 4.79 Å². The summed E-state index contributed by atoms with van der Waals surface area (Å²) in [7, 11) is 0. The highest BCUT2D eigenvalue weighted by Gasteiger charge is 2.15. The van der Waals surface area contributed by atoms with Crippen molar-refractivity contribution in [2.75, 3.05) is 16.9 Å². The van der Waals surface area contributed by atoms with Crippen LogP contribution in [0.15, 0.2) is 53.8 Å². The van der Waals surface area contributed by atoms with Gasteiger partial charge in [0.1, 0.15) is 0 Å². The van der Waals surface area contributed by atoms with E-state index in [1.165, 1.54) is 16.4 Å². The number of nitrogen functional groups attached to an aromatic ring is 1. The van der Waals surface area contributed by atoms with E-state index in [0.717, 1.165) is 40.9 Å². The monoisotopic (exact) mass is 414 g/mol. The molecule has 3 aromatic rings. The minimum Gasteiger partial charge on any atom is -0.337 e. The van der Waals surface area contributed by atoms with Crippen molar-refractivity contribution in [1.29, 1.82) is 0 Å². The van der Waals surface area contributed by atoms with Gasteiger partial charge in [-0.05, 0) is 30.0 Å². The van der Waals surface area contributed by atoms with Gasteiger partial charge >= 0.3 is 0 Å². The van der Waals surface area contributed by atoms with Crippen LogP contribution in [0.3, 0.4) is 0 Å². The number of nitrogens with one attached hydrogen (secondary N) is 1. The third kappa shape index (κ3) is 4.51. The Morgan fingerprint density at radius 2 is 1.93 bits per heavy atom. The Bertz CT molecular complexity index is 972. The van der Waals surface area contributed by atoms with Crippen molar-refractivity contribution in [3.63, 3.8) is 0 Å². The van der Waals surface area contributed by atoms with Gasteiger partial charge in [0.25, 0.3) is 0 Å². The van der Waals surface area contributed by atoms with Crippen LogP contribution in [0.25, 0.3) is 11.3 Å². The molecule has 7 heteroatoms. The minimum absolute atomic E-state index is 0.110. The van der Waals surface area contributed by atoms with E-state index in [0.29, 0.717) is 10.2 Å². The SMILES string of the molecule is CCc1ccc(Cl)c(CC)c1NC(=O)CSc1nc(-c2ccccc2)cn1N. The van der Waals surface area contributed by atoms with E-state index >= 15 is 0 Å². The second-order valence-electron chi connectivity index (χ2n) is 6.29. The molecule has 0 fully saturated rings. The summed E-state index contributed by atoms with van der Waals surface area (Å²) in [6.07, 6.45) is 3.33. The zero-order valence-corrected chi connectivity index (χ0v) is 17.5. The van der Waals surface area contributed by atoms with E-state index < -0.39 is 0 Å². The highest BCUT2D eigenvalue weighted by atomic mass is 35.5. The molecule has 28 heavy (non-hydrogen) atoms. The van der Waals surface area contributed by atoms with Crippen molar-refractivity contribution in [3.8, 4) is 11.3 Å². The van der Waals surface area contributed by atoms with Crippen LogP contribution in [0.5, 0.6) is 0 Å². The summed E-state index contributed by atoms with van der Waals surface area (Å²) < 4.78 is 1.45. The number of nitrogens with zero attached hydrogens (tertiary/aromatic N) is 2. The number of aryl methyl sites for hydroxylation is 1. The highest BCUT2D eigenvalue weighted by molar-refractivity contribution is 7.99. The van der Waals surface area contributed by atoms with E-state index in [4.69, 9.17) is 17.4 Å². The largest absolute Gasteiger partial charge is 0.337 e. The second-order valence-corrected chi connectivity index (χ2v) is 7.64. The van der Waals surface area contributed by atoms with Gasteiger partial charge in [-0.2, -0.15) is 0 Å². The third-order valence-corrected chi connectivity index (χ3v) is 5.76. The maximum Gasteiger partial charge on any atom is 0.234 e. The topological polar surface area (TPSA) is 72.9 Å². The number of hydrogen-bond acceptors (Lipinski definition) is 4. The van der Waals surface area contributed by atoms with Crippen molar-refractivity contribution >= 4 is 35.0 Å². The van der Waals surface area contributed by atoms with Gasteiger partial charge in [-0.25, -0.2) is 9.66 Å². The molecule has 2 aromatic carbocycles. The number of imidazole rings is 1. The Kier molecular flexibility index (Phi) is 6.65. The summed E-state index contributed by atoms with van der Waals surface area (Å²) in [5.74, 6) is 6.11. The zero-order chi connectivity index (χ0) is 20.1. The van der Waals surface area contributed by atoms with E-state index in [1.54, 1.807) is 6.20 Å². The minimum atomic E-state index is -0.110. The first-order valence-electron chi connectivity index (χ1n) is 9.16. The molecule has 1 aromatic heterocycles. The Hall–Kier alpha value is -2.44. The number of carbonyl (C=O) groups is 1. The van der Waals surface area contributed by atoms with Crippen LogP contribution >= 0.6 is 23.4 Å². The molecule has 0 bridgehead atoms. The van der Waals surface area contributed by atoms with Crippen molar-refractivity contribution in [3.05, 3.63) is 64.8 Å². The molecule has 0 aliphatic heterocycles. The summed E-state index contributed by atoms with van der Waals surface area (Å²) >= 11 is 7.61. The number of amides is 1. The number of thioether (sulfide) groups is 1. The lowest BCUT2D eigenvalue weighted by Gasteiger charge is -2.15. The second kappa shape index (κ2) is 9.17. The van der Waals surface area contributed by atoms with Crippen LogP contribution in [-0.2, 0) is 17.6 Å². The summed E-state index contributed by atoms with van der Waals surface area (Å²) in [4.78, 5) is 17.1. The van der Waals surface area contributed by atoms with Crippen LogP contribution in [0.4, 0.5) is 5.69 Å². The van der Waals surface area contributed by atoms with Crippen molar-refractivity contribution in [2.45, 2.75) is 31.8 Å². The number of rotatable bonds is 7. The Labute approximate surface area is 174 Å². The van der Waals surface area contributed by atoms with Crippen molar-refractivity contribution in [1.82, 2.24) is 9.66 Å². The molecule has 0 saturated carbocycles. The van der Waals surface area contributed by atoms with Gasteiger partial charge in [-0.1, -0.05) is 73.6 Å². The molecule has 0 radical (unpaired) electrons. The summed E-state index contributed by atoms with van der Waals surface area (Å²) in [6.45, 7) is 4.09. The number of halogens is 1. The molecule has 0 atom stereocenters. The molecule has 0 aliphatic rings. The average Bonchev–Trinajstić information content (AvgIpc) is 3.08. The number of carbonyl (C=O) groups excluding carboxylic acids is 1. The third-order valence-electron chi connectivity index (χ3n) is 4.44. The number of aromatic nitrogens is 2. The maximum atomic E-state index is 12.6. The molecule has 0 unspecified atom stereocenters. The quantitative estimate of drug-likeness (QED) is 0.431. The molecule has 146 valence electrons. The fourth-order valence-corrected chi connectivity index (χ4v) is 3.99. The summed E-state index contributed by atoms with van der Waals surface area (Å²) in [5.41, 5.74) is 4.63. The van der Waals surface area contributed by atoms with Gasteiger partial charge in [0.2, 0.25) is 5.91 Å². The van der Waals surface area contributed by atoms with Gasteiger partial charge in [0.05, 0.1) is 17.6 Å². The first kappa shape index (κ1) is 20.3. The first-order chi connectivity index (χ1) is 13.5. The summed E-state index contributed by atoms with van der Waals surface area (Å²) in [5, 5.41) is 4.29. The lowest BCUT2D eigenvalue weighted by Crippen LogP contribution is -2.18. The molecule has 0 aliphatic carbocycles. The molecule has 3 rings (SSSR count). The fraction of sp³-hybridized carbons (Fsp3) is 0.238. The summed E-state index contributed by atoms with van der Waals surface area (Å²) in [6, 6.07) is 13.7. The van der Waals surface area contributed by atoms with Gasteiger partial charge in [0, 0.05) is 16.3 Å². The van der Waals surface area contributed by atoms with E-state index in [-0.39, 0.29) is 11.7 Å². The standard InChI is InChI=1S/C21H23ClN4OS/c1-3-14-10-11-17(22)16(4-2)20(14)25-19(27)13-28-21-24-18(12-26(21)23)15-8-6-5-7-9-15/h5-12H,3-4,13,23H2,1-2H3,(H,25,27). The molecule has 0 spiro atoms. The van der Waals surface area contributed by atoms with E-state index in [2.05, 4.69) is 17.2 Å². The van der Waals surface area contributed by atoms with Gasteiger partial charge in [0.15, 0.2) is 5.16 Å². The predicted octanol–water partition coefficient (Wildman–Crippen LogP) is 4.77. The molecule has 3 N–H and O–H groups in total. The van der Waals surface area contributed by atoms with Crippen LogP contribution in [0.2, 0.25) is 5.02 Å². The van der Waals surface area contributed by atoms with Gasteiger partial charge in [-0.3, -0.25) is 4.79 Å². The molecular weight excluding hydrogens is 392 g/mol. The van der Waals surface area contributed by atoms with Crippen molar-refractivity contribution in [2.24, 2.45) is 0 Å². The highest BCUT2D eigenvalue weighted by Crippen LogP contribution is 2.30. The number of anilines is 1. The molecule has 1 heterocycles. The van der Waals surface area contributed by atoms with Crippen LogP contribution in [-0.4, -0.2) is 21.3 Å². The predicted molar refractivity (Wildman–Crippen MR) is 117 cm³/mol. The van der Waals surface area contributed by atoms with E-state index in [1.807, 2.05) is 49.4 Å². The number of hydrogen-bond donors (Lipinski definition) is 2. The van der Waals surface area contributed by atoms with Gasteiger partial charge < -0.3 is 11.2 Å². The average molecular weight is 415 g/mol. The molecule has 0 saturated heterocycles.